The van der Waals surface area contributed by atoms with E-state index >= 15 is 0 Å². The molecular weight excluding hydrogens is 330 g/mol. The molecule has 0 amide bonds. The largest absolute Gasteiger partial charge is 0.331 e. The smallest absolute Gasteiger partial charge is 0.111 e. The number of rotatable bonds is 4. The summed E-state index contributed by atoms with van der Waals surface area (Å²) in [6, 6.07) is 11.9. The molecule has 1 aromatic carbocycles. The number of nitrogens with one attached hydrogen (secondary N) is 1. The first-order valence-electron chi connectivity index (χ1n) is 6.67. The van der Waals surface area contributed by atoms with Gasteiger partial charge in [0.2, 0.25) is 0 Å². The van der Waals surface area contributed by atoms with Gasteiger partial charge in [-0.2, -0.15) is 0 Å². The fourth-order valence-corrected chi connectivity index (χ4v) is 2.64. The second kappa shape index (κ2) is 5.93. The average molecular weight is 346 g/mol. The molecule has 0 spiro atoms. The molecule has 21 heavy (non-hydrogen) atoms. The molecule has 1 unspecified atom stereocenters. The Labute approximate surface area is 131 Å². The summed E-state index contributed by atoms with van der Waals surface area (Å²) in [7, 11) is 2.02. The van der Waals surface area contributed by atoms with Gasteiger partial charge in [0.05, 0.1) is 22.8 Å². The Kier molecular flexibility index (Phi) is 4.01. The normalized spacial score (nSPS) is 12.7. The number of hydrazine groups is 1. The summed E-state index contributed by atoms with van der Waals surface area (Å²) in [5.41, 5.74) is 5.84. The molecule has 0 saturated heterocycles. The number of para-hydroxylation sites is 2. The quantitative estimate of drug-likeness (QED) is 0.563. The summed E-state index contributed by atoms with van der Waals surface area (Å²) >= 11 is 3.39. The van der Waals surface area contributed by atoms with Crippen molar-refractivity contribution in [3.63, 3.8) is 0 Å². The van der Waals surface area contributed by atoms with E-state index < -0.39 is 0 Å². The Morgan fingerprint density at radius 2 is 2.10 bits per heavy atom. The molecule has 3 rings (SSSR count). The Morgan fingerprint density at radius 3 is 2.76 bits per heavy atom. The minimum absolute atomic E-state index is 0.0754. The van der Waals surface area contributed by atoms with Crippen LogP contribution in [-0.2, 0) is 13.5 Å². The van der Waals surface area contributed by atoms with E-state index in [0.29, 0.717) is 6.42 Å². The minimum atomic E-state index is -0.0754. The molecule has 0 aliphatic rings. The van der Waals surface area contributed by atoms with Crippen molar-refractivity contribution < 1.29 is 0 Å². The van der Waals surface area contributed by atoms with Crippen LogP contribution in [0.5, 0.6) is 0 Å². The number of pyridine rings is 1. The molecule has 0 aliphatic heterocycles. The Morgan fingerprint density at radius 1 is 1.29 bits per heavy atom. The summed E-state index contributed by atoms with van der Waals surface area (Å²) in [5.74, 6) is 6.67. The molecule has 0 aliphatic carbocycles. The molecular formula is C15H16BrN5. The maximum atomic E-state index is 5.70. The second-order valence-electron chi connectivity index (χ2n) is 4.90. The van der Waals surface area contributed by atoms with Gasteiger partial charge in [0.25, 0.3) is 0 Å². The molecule has 5 nitrogen and oxygen atoms in total. The number of fused-ring (bicyclic) bond motifs is 1. The van der Waals surface area contributed by atoms with Gasteiger partial charge in [0, 0.05) is 24.1 Å². The lowest BCUT2D eigenvalue weighted by Crippen LogP contribution is -2.30. The summed E-state index contributed by atoms with van der Waals surface area (Å²) in [5, 5.41) is 0. The highest BCUT2D eigenvalue weighted by Gasteiger charge is 2.16. The van der Waals surface area contributed by atoms with Gasteiger partial charge in [0.15, 0.2) is 0 Å². The molecule has 2 heterocycles. The Bertz CT molecular complexity index is 750. The molecule has 6 heteroatoms. The highest BCUT2D eigenvalue weighted by molar-refractivity contribution is 9.10. The number of halogens is 1. The molecule has 0 bridgehead atoms. The molecule has 0 radical (unpaired) electrons. The SMILES string of the molecule is Cn1c(CC(NN)c2ccc(Br)cn2)nc2ccccc21. The predicted octanol–water partition coefficient (Wildman–Crippen LogP) is 2.48. The van der Waals surface area contributed by atoms with E-state index in [-0.39, 0.29) is 6.04 Å². The molecule has 1 atom stereocenters. The molecule has 0 saturated carbocycles. The summed E-state index contributed by atoms with van der Waals surface area (Å²) in [6.45, 7) is 0. The van der Waals surface area contributed by atoms with Crippen LogP contribution in [0.3, 0.4) is 0 Å². The first-order chi connectivity index (χ1) is 10.2. The fraction of sp³-hybridized carbons (Fsp3) is 0.200. The first kappa shape index (κ1) is 14.2. The van der Waals surface area contributed by atoms with Crippen LogP contribution in [0.25, 0.3) is 11.0 Å². The number of hydrogen-bond acceptors (Lipinski definition) is 4. The third kappa shape index (κ3) is 2.83. The average Bonchev–Trinajstić information content (AvgIpc) is 2.83. The number of aromatic nitrogens is 3. The number of hydrogen-bond donors (Lipinski definition) is 2. The minimum Gasteiger partial charge on any atom is -0.331 e. The van der Waals surface area contributed by atoms with Crippen LogP contribution in [0.1, 0.15) is 17.6 Å². The Hall–Kier alpha value is -1.76. The topological polar surface area (TPSA) is 68.8 Å². The molecule has 3 N–H and O–H groups in total. The van der Waals surface area contributed by atoms with Crippen molar-refractivity contribution in [2.24, 2.45) is 12.9 Å². The number of aryl methyl sites for hydroxylation is 1. The van der Waals surface area contributed by atoms with Crippen LogP contribution < -0.4 is 11.3 Å². The summed E-state index contributed by atoms with van der Waals surface area (Å²) < 4.78 is 3.04. The maximum Gasteiger partial charge on any atom is 0.111 e. The summed E-state index contributed by atoms with van der Waals surface area (Å²) in [6.07, 6.45) is 2.45. The van der Waals surface area contributed by atoms with Crippen LogP contribution in [-0.4, -0.2) is 14.5 Å². The number of imidazole rings is 1. The van der Waals surface area contributed by atoms with Gasteiger partial charge in [-0.05, 0) is 40.2 Å². The van der Waals surface area contributed by atoms with Crippen molar-refractivity contribution in [3.05, 3.63) is 58.6 Å². The van der Waals surface area contributed by atoms with E-state index in [2.05, 4.69) is 42.0 Å². The van der Waals surface area contributed by atoms with Crippen LogP contribution in [0.2, 0.25) is 0 Å². The summed E-state index contributed by atoms with van der Waals surface area (Å²) in [4.78, 5) is 9.08. The van der Waals surface area contributed by atoms with Gasteiger partial charge in [-0.1, -0.05) is 12.1 Å². The van der Waals surface area contributed by atoms with E-state index in [1.54, 1.807) is 6.20 Å². The van der Waals surface area contributed by atoms with Crippen LogP contribution in [0, 0.1) is 0 Å². The van der Waals surface area contributed by atoms with Gasteiger partial charge in [-0.15, -0.1) is 0 Å². The lowest BCUT2D eigenvalue weighted by atomic mass is 10.1. The van der Waals surface area contributed by atoms with E-state index in [1.807, 2.05) is 37.4 Å². The van der Waals surface area contributed by atoms with Crippen LogP contribution >= 0.6 is 15.9 Å². The van der Waals surface area contributed by atoms with Crippen molar-refractivity contribution in [3.8, 4) is 0 Å². The standard InChI is InChI=1S/C15H16BrN5/c1-21-14-5-3-2-4-12(14)19-15(21)8-13(20-17)11-7-6-10(16)9-18-11/h2-7,9,13,20H,8,17H2,1H3. The monoisotopic (exact) mass is 345 g/mol. The maximum absolute atomic E-state index is 5.70. The van der Waals surface area contributed by atoms with Gasteiger partial charge in [-0.25, -0.2) is 4.98 Å². The van der Waals surface area contributed by atoms with E-state index in [0.717, 1.165) is 27.0 Å². The zero-order valence-corrected chi connectivity index (χ0v) is 13.2. The van der Waals surface area contributed by atoms with Crippen molar-refractivity contribution in [2.45, 2.75) is 12.5 Å². The molecule has 2 aromatic heterocycles. The molecule has 108 valence electrons. The Balaban J connectivity index is 1.92. The van der Waals surface area contributed by atoms with Gasteiger partial charge < -0.3 is 4.57 Å². The zero-order chi connectivity index (χ0) is 14.8. The van der Waals surface area contributed by atoms with Crippen LogP contribution in [0.4, 0.5) is 0 Å². The van der Waals surface area contributed by atoms with Crippen molar-refractivity contribution in [1.29, 1.82) is 0 Å². The third-order valence-electron chi connectivity index (χ3n) is 3.57. The van der Waals surface area contributed by atoms with Gasteiger partial charge in [-0.3, -0.25) is 16.3 Å². The van der Waals surface area contributed by atoms with Crippen molar-refractivity contribution in [1.82, 2.24) is 20.0 Å². The zero-order valence-electron chi connectivity index (χ0n) is 11.6. The van der Waals surface area contributed by atoms with E-state index in [9.17, 15) is 0 Å². The predicted molar refractivity (Wildman–Crippen MR) is 86.4 cm³/mol. The molecule has 0 fully saturated rings. The van der Waals surface area contributed by atoms with E-state index in [4.69, 9.17) is 5.84 Å². The highest BCUT2D eigenvalue weighted by Crippen LogP contribution is 2.20. The number of benzene rings is 1. The lowest BCUT2D eigenvalue weighted by Gasteiger charge is -2.15. The number of nitrogens with two attached hydrogens (primary N) is 1. The van der Waals surface area contributed by atoms with Gasteiger partial charge >= 0.3 is 0 Å². The third-order valence-corrected chi connectivity index (χ3v) is 4.04. The second-order valence-corrected chi connectivity index (χ2v) is 5.82. The fourth-order valence-electron chi connectivity index (χ4n) is 2.40. The van der Waals surface area contributed by atoms with Crippen molar-refractivity contribution in [2.75, 3.05) is 0 Å². The lowest BCUT2D eigenvalue weighted by molar-refractivity contribution is 0.519. The van der Waals surface area contributed by atoms with E-state index in [1.165, 1.54) is 0 Å². The van der Waals surface area contributed by atoms with Crippen LogP contribution in [0.15, 0.2) is 47.1 Å². The number of nitrogens with zero attached hydrogens (tertiary/aromatic N) is 3. The molecule has 3 aromatic rings. The van der Waals surface area contributed by atoms with Crippen molar-refractivity contribution >= 4 is 27.0 Å². The van der Waals surface area contributed by atoms with Gasteiger partial charge in [0.1, 0.15) is 5.82 Å². The highest BCUT2D eigenvalue weighted by atomic mass is 79.9. The first-order valence-corrected chi connectivity index (χ1v) is 7.46.